The van der Waals surface area contributed by atoms with Gasteiger partial charge in [0.25, 0.3) is 0 Å². The number of hydrogen-bond donors (Lipinski definition) is 1. The second kappa shape index (κ2) is 1.46. The summed E-state index contributed by atoms with van der Waals surface area (Å²) in [5, 5.41) is 3.05. The highest BCUT2D eigenvalue weighted by Gasteiger charge is 2.22. The molecule has 0 bridgehead atoms. The molecule has 1 fully saturated rings. The summed E-state index contributed by atoms with van der Waals surface area (Å²) in [6, 6.07) is 0. The topological polar surface area (TPSA) is 21.3 Å². The Labute approximate surface area is 43.9 Å². The highest BCUT2D eigenvalue weighted by Crippen LogP contribution is 2.09. The molecule has 0 spiro atoms. The number of nitrogens with one attached hydrogen (secondary N) is 1. The average Bonchev–Trinajstić information content (AvgIpc) is 1.84. The van der Waals surface area contributed by atoms with E-state index in [1.165, 1.54) is 0 Å². The van der Waals surface area contributed by atoms with Gasteiger partial charge in [-0.05, 0) is 13.8 Å². The van der Waals surface area contributed by atoms with E-state index in [1.807, 2.05) is 0 Å². The molecule has 1 saturated heterocycles. The number of ether oxygens (including phenoxy) is 1. The van der Waals surface area contributed by atoms with Gasteiger partial charge in [-0.3, -0.25) is 5.32 Å². The van der Waals surface area contributed by atoms with E-state index in [0.29, 0.717) is 0 Å². The van der Waals surface area contributed by atoms with Gasteiger partial charge >= 0.3 is 0 Å². The van der Waals surface area contributed by atoms with Crippen LogP contribution in [0.25, 0.3) is 0 Å². The molecule has 41 valence electrons. The largest absolute Gasteiger partial charge is 0.357 e. The highest BCUT2D eigenvalue weighted by atomic mass is 16.5. The summed E-state index contributed by atoms with van der Waals surface area (Å²) in [4.78, 5) is 0. The van der Waals surface area contributed by atoms with E-state index in [-0.39, 0.29) is 5.54 Å². The molecule has 1 aliphatic heterocycles. The Morgan fingerprint density at radius 1 is 1.71 bits per heavy atom. The fourth-order valence-corrected chi connectivity index (χ4v) is 0.493. The minimum Gasteiger partial charge on any atom is -0.357 e. The van der Waals surface area contributed by atoms with Gasteiger partial charge in [-0.2, -0.15) is 0 Å². The van der Waals surface area contributed by atoms with E-state index >= 15 is 0 Å². The van der Waals surface area contributed by atoms with Crippen molar-refractivity contribution in [3.63, 3.8) is 0 Å². The molecule has 7 heavy (non-hydrogen) atoms. The van der Waals surface area contributed by atoms with Gasteiger partial charge < -0.3 is 4.74 Å². The summed E-state index contributed by atoms with van der Waals surface area (Å²) in [5.41, 5.74) is 0.167. The van der Waals surface area contributed by atoms with Crippen molar-refractivity contribution >= 4 is 0 Å². The zero-order valence-corrected chi connectivity index (χ0v) is 4.69. The molecule has 0 unspecified atom stereocenters. The number of rotatable bonds is 0. The molecule has 1 heterocycles. The Balaban J connectivity index is 2.40. The number of hydrogen-bond acceptors (Lipinski definition) is 2. The summed E-state index contributed by atoms with van der Waals surface area (Å²) in [6.45, 7) is 6.61. The van der Waals surface area contributed by atoms with E-state index in [4.69, 9.17) is 4.74 Å². The van der Waals surface area contributed by atoms with Gasteiger partial charge in [0.05, 0.1) is 6.61 Å². The third-order valence-corrected chi connectivity index (χ3v) is 0.977. The van der Waals surface area contributed by atoms with Gasteiger partial charge in [0.15, 0.2) is 0 Å². The molecule has 0 saturated carbocycles. The third-order valence-electron chi connectivity index (χ3n) is 0.977. The summed E-state index contributed by atoms with van der Waals surface area (Å²) >= 11 is 0. The molecular weight excluding hydrogens is 90.1 g/mol. The van der Waals surface area contributed by atoms with Gasteiger partial charge in [0, 0.05) is 5.54 Å². The Hall–Kier alpha value is -0.0800. The molecule has 0 atom stereocenters. The van der Waals surface area contributed by atoms with Crippen LogP contribution in [0.2, 0.25) is 0 Å². The normalized spacial score (nSPS) is 28.3. The van der Waals surface area contributed by atoms with Crippen molar-refractivity contribution in [1.29, 1.82) is 0 Å². The molecule has 2 heteroatoms. The van der Waals surface area contributed by atoms with E-state index in [0.717, 1.165) is 6.61 Å². The quantitative estimate of drug-likeness (QED) is 0.478. The van der Waals surface area contributed by atoms with Crippen molar-refractivity contribution in [2.75, 3.05) is 6.61 Å². The molecule has 1 N–H and O–H groups in total. The van der Waals surface area contributed by atoms with Gasteiger partial charge in [-0.15, -0.1) is 0 Å². The van der Waals surface area contributed by atoms with E-state index < -0.39 is 0 Å². The monoisotopic (exact) mass is 100 g/mol. The van der Waals surface area contributed by atoms with Crippen LogP contribution in [0.1, 0.15) is 13.8 Å². The van der Waals surface area contributed by atoms with Crippen molar-refractivity contribution < 1.29 is 4.74 Å². The molecule has 0 aromatic heterocycles. The van der Waals surface area contributed by atoms with Gasteiger partial charge in [0.2, 0.25) is 0 Å². The maximum atomic E-state index is 4.92. The van der Waals surface area contributed by atoms with Crippen LogP contribution in [0.4, 0.5) is 0 Å². The fourth-order valence-electron chi connectivity index (χ4n) is 0.493. The molecule has 2 nitrogen and oxygen atoms in total. The standard InChI is InChI=1S/C5H10NO/c1-5(2)3-7-4-6-5/h4,6H,3H2,1-2H3. The van der Waals surface area contributed by atoms with Crippen molar-refractivity contribution in [3.8, 4) is 0 Å². The Morgan fingerprint density at radius 2 is 2.43 bits per heavy atom. The summed E-state index contributed by atoms with van der Waals surface area (Å²) < 4.78 is 4.92. The van der Waals surface area contributed by atoms with Crippen LogP contribution in [-0.4, -0.2) is 12.1 Å². The van der Waals surface area contributed by atoms with Crippen molar-refractivity contribution in [2.24, 2.45) is 0 Å². The van der Waals surface area contributed by atoms with Crippen molar-refractivity contribution in [1.82, 2.24) is 5.32 Å². The molecule has 1 rings (SSSR count). The first-order valence-corrected chi connectivity index (χ1v) is 2.42. The van der Waals surface area contributed by atoms with Crippen LogP contribution in [-0.2, 0) is 4.74 Å². The van der Waals surface area contributed by atoms with E-state index in [1.54, 1.807) is 6.73 Å². The summed E-state index contributed by atoms with van der Waals surface area (Å²) in [6.07, 6.45) is 0. The van der Waals surface area contributed by atoms with Crippen LogP contribution in [0.5, 0.6) is 0 Å². The van der Waals surface area contributed by atoms with Crippen molar-refractivity contribution in [2.45, 2.75) is 19.4 Å². The molecule has 0 aromatic rings. The first-order valence-electron chi connectivity index (χ1n) is 2.42. The van der Waals surface area contributed by atoms with Crippen LogP contribution in [0.3, 0.4) is 0 Å². The first kappa shape index (κ1) is 5.06. The minimum absolute atomic E-state index is 0.167. The lowest BCUT2D eigenvalue weighted by Gasteiger charge is -2.12. The molecule has 0 aliphatic carbocycles. The zero-order chi connectivity index (χ0) is 5.33. The lowest BCUT2D eigenvalue weighted by molar-refractivity contribution is 0.229. The zero-order valence-electron chi connectivity index (χ0n) is 4.69. The summed E-state index contributed by atoms with van der Waals surface area (Å²) in [5.74, 6) is 0. The predicted octanol–water partition coefficient (Wildman–Crippen LogP) is 0.504. The first-order chi connectivity index (χ1) is 3.21. The van der Waals surface area contributed by atoms with Crippen LogP contribution >= 0.6 is 0 Å². The van der Waals surface area contributed by atoms with E-state index in [9.17, 15) is 0 Å². The smallest absolute Gasteiger partial charge is 0.148 e. The maximum Gasteiger partial charge on any atom is 0.148 e. The second-order valence-electron chi connectivity index (χ2n) is 2.46. The van der Waals surface area contributed by atoms with Crippen molar-refractivity contribution in [3.05, 3.63) is 6.73 Å². The minimum atomic E-state index is 0.167. The fraction of sp³-hybridized carbons (Fsp3) is 0.800. The Morgan fingerprint density at radius 3 is 2.57 bits per heavy atom. The lowest BCUT2D eigenvalue weighted by atomic mass is 10.1. The molecule has 0 amide bonds. The predicted molar refractivity (Wildman–Crippen MR) is 27.5 cm³/mol. The van der Waals surface area contributed by atoms with E-state index in [2.05, 4.69) is 19.2 Å². The van der Waals surface area contributed by atoms with Gasteiger partial charge in [-0.25, -0.2) is 0 Å². The SMILES string of the molecule is CC1(C)CO[CH]N1. The van der Waals surface area contributed by atoms with Gasteiger partial charge in [-0.1, -0.05) is 0 Å². The maximum absolute atomic E-state index is 4.92. The molecule has 0 aromatic carbocycles. The molecule has 1 aliphatic rings. The van der Waals surface area contributed by atoms with Crippen LogP contribution < -0.4 is 5.32 Å². The lowest BCUT2D eigenvalue weighted by Crippen LogP contribution is -2.33. The van der Waals surface area contributed by atoms with Crippen LogP contribution in [0.15, 0.2) is 0 Å². The van der Waals surface area contributed by atoms with Gasteiger partial charge in [0.1, 0.15) is 6.73 Å². The Bertz CT molecular complexity index is 62.5. The van der Waals surface area contributed by atoms with Crippen LogP contribution in [0, 0.1) is 6.73 Å². The highest BCUT2D eigenvalue weighted by molar-refractivity contribution is 4.83. The average molecular weight is 100 g/mol. The molecule has 1 radical (unpaired) electrons. The summed E-state index contributed by atoms with van der Waals surface area (Å²) in [7, 11) is 0. The molecular formula is C5H10NO. The second-order valence-corrected chi connectivity index (χ2v) is 2.46. The Kier molecular flexibility index (Phi) is 1.05. The third kappa shape index (κ3) is 1.14.